The van der Waals surface area contributed by atoms with Gasteiger partial charge in [-0.05, 0) is 58.9 Å². The van der Waals surface area contributed by atoms with E-state index in [0.717, 1.165) is 58.1 Å². The third-order valence-electron chi connectivity index (χ3n) is 10.2. The zero-order valence-corrected chi connectivity index (χ0v) is 27.4. The molecule has 6 aromatic rings. The Kier molecular flexibility index (Phi) is 7.11. The van der Waals surface area contributed by atoms with Gasteiger partial charge in [-0.25, -0.2) is 0 Å². The van der Waals surface area contributed by atoms with Crippen LogP contribution < -0.4 is 5.32 Å². The highest BCUT2D eigenvalue weighted by atomic mass is 16.1. The van der Waals surface area contributed by atoms with Crippen molar-refractivity contribution in [2.45, 2.75) is 60.4 Å². The summed E-state index contributed by atoms with van der Waals surface area (Å²) in [5.41, 5.74) is 7.73. The van der Waals surface area contributed by atoms with Crippen LogP contribution in [0.1, 0.15) is 76.3 Å². The van der Waals surface area contributed by atoms with Gasteiger partial charge in [0.05, 0.1) is 0 Å². The molecule has 1 N–H and O–H groups in total. The second kappa shape index (κ2) is 10.9. The zero-order chi connectivity index (χ0) is 31.5. The number of carbonyl (C=O) groups excluding carboxylic acids is 1. The largest absolute Gasteiger partial charge is 0.384 e. The minimum Gasteiger partial charge on any atom is -0.384 e. The summed E-state index contributed by atoms with van der Waals surface area (Å²) in [5.74, 6) is 0.565. The lowest BCUT2D eigenvalue weighted by atomic mass is 9.74. The maximum absolute atomic E-state index is 13.5. The number of anilines is 1. The van der Waals surface area contributed by atoms with Crippen molar-refractivity contribution in [3.8, 4) is 11.1 Å². The van der Waals surface area contributed by atoms with Crippen molar-refractivity contribution in [2.24, 2.45) is 16.7 Å². The molecule has 1 aromatic heterocycles. The summed E-state index contributed by atoms with van der Waals surface area (Å²) in [7, 11) is 0. The van der Waals surface area contributed by atoms with Gasteiger partial charge in [-0.3, -0.25) is 4.79 Å². The molecule has 1 aliphatic rings. The average Bonchev–Trinajstić information content (AvgIpc) is 3.34. The van der Waals surface area contributed by atoms with Crippen molar-refractivity contribution >= 4 is 44.0 Å². The fourth-order valence-corrected chi connectivity index (χ4v) is 7.71. The van der Waals surface area contributed by atoms with Gasteiger partial charge in [0, 0.05) is 62.0 Å². The second-order valence-corrected chi connectivity index (χ2v) is 15.1. The van der Waals surface area contributed by atoms with Gasteiger partial charge >= 0.3 is 0 Å². The highest BCUT2D eigenvalue weighted by Gasteiger charge is 2.32. The number of hydrogen-bond donors (Lipinski definition) is 1. The van der Waals surface area contributed by atoms with Crippen LogP contribution in [0.5, 0.6) is 0 Å². The van der Waals surface area contributed by atoms with Gasteiger partial charge in [0.15, 0.2) is 5.78 Å². The molecule has 0 aliphatic heterocycles. The maximum Gasteiger partial charge on any atom is 0.194 e. The van der Waals surface area contributed by atoms with Crippen molar-refractivity contribution < 1.29 is 4.79 Å². The van der Waals surface area contributed by atoms with E-state index in [-0.39, 0.29) is 16.6 Å². The van der Waals surface area contributed by atoms with E-state index in [2.05, 4.69) is 124 Å². The first-order valence-electron chi connectivity index (χ1n) is 16.5. The molecule has 3 nitrogen and oxygen atoms in total. The summed E-state index contributed by atoms with van der Waals surface area (Å²) in [5, 5.41) is 8.73. The molecule has 2 unspecified atom stereocenters. The fourth-order valence-electron chi connectivity index (χ4n) is 7.71. The number of nitrogens with zero attached hydrogens (tertiary/aromatic N) is 1. The number of fused-ring (bicyclic) bond motifs is 5. The van der Waals surface area contributed by atoms with E-state index in [1.165, 1.54) is 21.8 Å². The van der Waals surface area contributed by atoms with Gasteiger partial charge < -0.3 is 9.88 Å². The molecule has 0 fully saturated rings. The lowest BCUT2D eigenvalue weighted by molar-refractivity contribution is 0.104. The van der Waals surface area contributed by atoms with Crippen LogP contribution in [-0.2, 0) is 0 Å². The number of aromatic nitrogens is 1. The Morgan fingerprint density at radius 1 is 0.578 bits per heavy atom. The third kappa shape index (κ3) is 5.03. The molecular formula is C42H44N2O. The van der Waals surface area contributed by atoms with E-state index in [0.29, 0.717) is 12.0 Å². The molecule has 3 heteroatoms. The first-order valence-corrected chi connectivity index (χ1v) is 16.5. The normalized spacial score (nSPS) is 14.6. The van der Waals surface area contributed by atoms with E-state index in [1.54, 1.807) is 0 Å². The van der Waals surface area contributed by atoms with Crippen LogP contribution >= 0.6 is 0 Å². The number of hydrogen-bond acceptors (Lipinski definition) is 2. The Morgan fingerprint density at radius 3 is 1.80 bits per heavy atom. The molecular weight excluding hydrogens is 548 g/mol. The Bertz CT molecular complexity index is 2010. The molecule has 5 aromatic carbocycles. The fraction of sp³-hybridized carbons (Fsp3) is 0.310. The number of carbonyl (C=O) groups is 1. The number of ketones is 1. The smallest absolute Gasteiger partial charge is 0.194 e. The first kappa shape index (κ1) is 29.3. The van der Waals surface area contributed by atoms with E-state index in [4.69, 9.17) is 0 Å². The summed E-state index contributed by atoms with van der Waals surface area (Å²) in [6, 6.07) is 36.7. The summed E-state index contributed by atoms with van der Waals surface area (Å²) in [6.45, 7) is 15.2. The van der Waals surface area contributed by atoms with Crippen molar-refractivity contribution in [1.82, 2.24) is 4.57 Å². The number of rotatable bonds is 7. The topological polar surface area (TPSA) is 34.0 Å². The van der Waals surface area contributed by atoms with Gasteiger partial charge in [0.25, 0.3) is 0 Å². The molecule has 0 radical (unpaired) electrons. The summed E-state index contributed by atoms with van der Waals surface area (Å²) in [6.07, 6.45) is 2.19. The molecule has 0 bridgehead atoms. The molecule has 0 spiro atoms. The molecule has 45 heavy (non-hydrogen) atoms. The molecule has 0 saturated heterocycles. The molecule has 7 rings (SSSR count). The number of para-hydroxylation sites is 2. The van der Waals surface area contributed by atoms with Crippen LogP contribution in [0.4, 0.5) is 5.69 Å². The molecule has 0 saturated carbocycles. The average molecular weight is 593 g/mol. The van der Waals surface area contributed by atoms with Crippen LogP contribution in [0.3, 0.4) is 0 Å². The number of benzene rings is 5. The summed E-state index contributed by atoms with van der Waals surface area (Å²) < 4.78 is 2.62. The molecule has 0 amide bonds. The van der Waals surface area contributed by atoms with Gasteiger partial charge in [0.1, 0.15) is 0 Å². The van der Waals surface area contributed by atoms with Crippen molar-refractivity contribution in [1.29, 1.82) is 0 Å². The standard InChI is InChI=1S/C42H44N2O/c1-41(2,3)27(22-25-38(42(4,5)6)44-36-20-11-9-15-29(36)30-16-10-12-21-37(30)44)26-43-35-24-23-31-28-14-7-8-17-32(28)40(45)34-19-13-18-33(35)39(31)34/h7-21,23-24,27,38,43H,22,25-26H2,1-6H3. The van der Waals surface area contributed by atoms with E-state index >= 15 is 0 Å². The molecule has 1 aliphatic carbocycles. The second-order valence-electron chi connectivity index (χ2n) is 15.1. The van der Waals surface area contributed by atoms with E-state index in [1.807, 2.05) is 30.3 Å². The van der Waals surface area contributed by atoms with Crippen molar-refractivity contribution in [3.05, 3.63) is 114 Å². The Balaban J connectivity index is 1.20. The highest BCUT2D eigenvalue weighted by Crippen LogP contribution is 2.45. The lowest BCUT2D eigenvalue weighted by Crippen LogP contribution is -2.31. The van der Waals surface area contributed by atoms with Crippen LogP contribution in [-0.4, -0.2) is 16.9 Å². The minimum atomic E-state index is 0.0828. The quantitative estimate of drug-likeness (QED) is 0.200. The zero-order valence-electron chi connectivity index (χ0n) is 27.4. The van der Waals surface area contributed by atoms with Gasteiger partial charge in [0.2, 0.25) is 0 Å². The van der Waals surface area contributed by atoms with Crippen molar-refractivity contribution in [3.63, 3.8) is 0 Å². The monoisotopic (exact) mass is 592 g/mol. The SMILES string of the molecule is CC(C)(C)C(CCC(n1c2ccccc2c2ccccc21)C(C)(C)C)CNc1ccc2c3c(cccc13)C(=O)c1ccccc1-2. The number of nitrogens with one attached hydrogen (secondary N) is 1. The summed E-state index contributed by atoms with van der Waals surface area (Å²) in [4.78, 5) is 13.5. The van der Waals surface area contributed by atoms with E-state index in [9.17, 15) is 4.79 Å². The first-order chi connectivity index (χ1) is 21.5. The minimum absolute atomic E-state index is 0.0828. The molecule has 2 atom stereocenters. The van der Waals surface area contributed by atoms with Gasteiger partial charge in [-0.2, -0.15) is 0 Å². The van der Waals surface area contributed by atoms with E-state index < -0.39 is 0 Å². The highest BCUT2D eigenvalue weighted by molar-refractivity contribution is 6.27. The van der Waals surface area contributed by atoms with Crippen LogP contribution in [0.15, 0.2) is 103 Å². The Hall–Kier alpha value is -4.37. The van der Waals surface area contributed by atoms with Crippen LogP contribution in [0.25, 0.3) is 43.7 Å². The lowest BCUT2D eigenvalue weighted by Gasteiger charge is -2.37. The predicted octanol–water partition coefficient (Wildman–Crippen LogP) is 11.3. The summed E-state index contributed by atoms with van der Waals surface area (Å²) >= 11 is 0. The molecule has 228 valence electrons. The maximum atomic E-state index is 13.5. The van der Waals surface area contributed by atoms with Gasteiger partial charge in [-0.1, -0.05) is 126 Å². The predicted molar refractivity (Wildman–Crippen MR) is 191 cm³/mol. The third-order valence-corrected chi connectivity index (χ3v) is 10.2. The van der Waals surface area contributed by atoms with Crippen LogP contribution in [0, 0.1) is 16.7 Å². The Labute approximate surface area is 267 Å². The van der Waals surface area contributed by atoms with Gasteiger partial charge in [-0.15, -0.1) is 0 Å². The van der Waals surface area contributed by atoms with Crippen molar-refractivity contribution in [2.75, 3.05) is 11.9 Å². The molecule has 1 heterocycles. The van der Waals surface area contributed by atoms with Crippen LogP contribution in [0.2, 0.25) is 0 Å². The Morgan fingerprint density at radius 2 is 1.16 bits per heavy atom.